The number of hydrogen-bond acceptors (Lipinski definition) is 3. The minimum Gasteiger partial charge on any atom is -0.267 e. The number of hydrogen-bond donors (Lipinski definition) is 1. The molecule has 0 atom stereocenters. The van der Waals surface area contributed by atoms with E-state index in [4.69, 9.17) is 0 Å². The normalized spacial score (nSPS) is 11.0. The van der Waals surface area contributed by atoms with Crippen LogP contribution < -0.4 is 5.43 Å². The summed E-state index contributed by atoms with van der Waals surface area (Å²) in [5.41, 5.74) is 6.17. The van der Waals surface area contributed by atoms with Gasteiger partial charge < -0.3 is 0 Å². The number of pyridine rings is 1. The van der Waals surface area contributed by atoms with E-state index < -0.39 is 0 Å². The van der Waals surface area contributed by atoms with Crippen molar-refractivity contribution < 1.29 is 9.18 Å². The number of hydrazone groups is 1. The molecule has 0 saturated carbocycles. The fourth-order valence-electron chi connectivity index (χ4n) is 2.89. The zero-order chi connectivity index (χ0) is 19.3. The number of fused-ring (bicyclic) bond motifs is 1. The highest BCUT2D eigenvalue weighted by atomic mass is 19.1. The van der Waals surface area contributed by atoms with Crippen LogP contribution in [0.4, 0.5) is 4.39 Å². The van der Waals surface area contributed by atoms with Gasteiger partial charge in [-0.2, -0.15) is 5.10 Å². The summed E-state index contributed by atoms with van der Waals surface area (Å²) in [6.07, 6.45) is 1.60. The van der Waals surface area contributed by atoms with Gasteiger partial charge in [-0.15, -0.1) is 0 Å². The van der Waals surface area contributed by atoms with Crippen molar-refractivity contribution in [2.45, 2.75) is 0 Å². The van der Waals surface area contributed by atoms with E-state index in [9.17, 15) is 9.18 Å². The molecule has 5 heteroatoms. The lowest BCUT2D eigenvalue weighted by molar-refractivity contribution is 0.0955. The van der Waals surface area contributed by atoms with Crippen LogP contribution in [0.25, 0.3) is 22.2 Å². The van der Waals surface area contributed by atoms with Crippen molar-refractivity contribution in [1.82, 2.24) is 10.4 Å². The first-order valence-electron chi connectivity index (χ1n) is 8.75. The number of carbonyl (C=O) groups is 1. The lowest BCUT2D eigenvalue weighted by Gasteiger charge is -2.07. The third kappa shape index (κ3) is 3.78. The SMILES string of the molecule is O=C(N/N=C/c1cc(-c2ccc(F)cc2)nc2ccccc12)c1ccccc1. The fraction of sp³-hybridized carbons (Fsp3) is 0. The molecule has 0 aliphatic heterocycles. The number of amides is 1. The summed E-state index contributed by atoms with van der Waals surface area (Å²) in [5, 5.41) is 5.01. The smallest absolute Gasteiger partial charge is 0.267 e. The van der Waals surface area contributed by atoms with E-state index in [0.29, 0.717) is 11.3 Å². The number of aromatic nitrogens is 1. The summed E-state index contributed by atoms with van der Waals surface area (Å²) in [6, 6.07) is 24.6. The molecule has 0 bridgehead atoms. The van der Waals surface area contributed by atoms with Crippen LogP contribution in [-0.2, 0) is 0 Å². The van der Waals surface area contributed by atoms with Gasteiger partial charge in [0.2, 0.25) is 0 Å². The van der Waals surface area contributed by atoms with E-state index in [1.54, 1.807) is 42.6 Å². The Morgan fingerprint density at radius 2 is 1.64 bits per heavy atom. The Kier molecular flexibility index (Phi) is 4.89. The molecule has 0 spiro atoms. The van der Waals surface area contributed by atoms with Crippen molar-refractivity contribution in [2.75, 3.05) is 0 Å². The maximum atomic E-state index is 13.2. The van der Waals surface area contributed by atoms with Crippen LogP contribution in [0.3, 0.4) is 0 Å². The molecule has 3 aromatic carbocycles. The van der Waals surface area contributed by atoms with Crippen LogP contribution in [0.1, 0.15) is 15.9 Å². The van der Waals surface area contributed by atoms with Gasteiger partial charge in [0.25, 0.3) is 5.91 Å². The van der Waals surface area contributed by atoms with Gasteiger partial charge in [0, 0.05) is 22.1 Å². The van der Waals surface area contributed by atoms with Gasteiger partial charge in [0.1, 0.15) is 5.82 Å². The average molecular weight is 369 g/mol. The van der Waals surface area contributed by atoms with Gasteiger partial charge in [-0.3, -0.25) is 4.79 Å². The summed E-state index contributed by atoms with van der Waals surface area (Å²) in [5.74, 6) is -0.580. The number of carbonyl (C=O) groups excluding carboxylic acids is 1. The molecule has 0 unspecified atom stereocenters. The highest BCUT2D eigenvalue weighted by Gasteiger charge is 2.07. The van der Waals surface area contributed by atoms with Crippen molar-refractivity contribution in [3.05, 3.63) is 102 Å². The molecule has 136 valence electrons. The molecule has 0 aliphatic rings. The molecule has 4 nitrogen and oxygen atoms in total. The zero-order valence-electron chi connectivity index (χ0n) is 14.8. The first-order chi connectivity index (χ1) is 13.7. The third-order valence-electron chi connectivity index (χ3n) is 4.29. The highest BCUT2D eigenvalue weighted by molar-refractivity contribution is 6.01. The van der Waals surface area contributed by atoms with E-state index in [1.807, 2.05) is 36.4 Å². The highest BCUT2D eigenvalue weighted by Crippen LogP contribution is 2.24. The van der Waals surface area contributed by atoms with Crippen molar-refractivity contribution >= 4 is 23.0 Å². The molecule has 4 rings (SSSR count). The molecule has 28 heavy (non-hydrogen) atoms. The van der Waals surface area contributed by atoms with E-state index in [-0.39, 0.29) is 11.7 Å². The van der Waals surface area contributed by atoms with Gasteiger partial charge in [-0.25, -0.2) is 14.8 Å². The quantitative estimate of drug-likeness (QED) is 0.415. The second kappa shape index (κ2) is 7.80. The molecule has 0 aliphatic carbocycles. The average Bonchev–Trinajstić information content (AvgIpc) is 2.74. The number of nitrogens with zero attached hydrogens (tertiary/aromatic N) is 2. The summed E-state index contributed by atoms with van der Waals surface area (Å²) in [4.78, 5) is 16.8. The fourth-order valence-corrected chi connectivity index (χ4v) is 2.89. The lowest BCUT2D eigenvalue weighted by atomic mass is 10.0. The topological polar surface area (TPSA) is 54.4 Å². The molecule has 0 radical (unpaired) electrons. The summed E-state index contributed by atoms with van der Waals surface area (Å²) >= 11 is 0. The van der Waals surface area contributed by atoms with Crippen LogP contribution in [-0.4, -0.2) is 17.1 Å². The predicted octanol–water partition coefficient (Wildman–Crippen LogP) is 4.80. The Morgan fingerprint density at radius 1 is 0.929 bits per heavy atom. The molecule has 1 N–H and O–H groups in total. The molecule has 0 fully saturated rings. The minimum absolute atomic E-state index is 0.283. The van der Waals surface area contributed by atoms with Crippen molar-refractivity contribution in [1.29, 1.82) is 0 Å². The summed E-state index contributed by atoms with van der Waals surface area (Å²) < 4.78 is 13.2. The second-order valence-corrected chi connectivity index (χ2v) is 6.19. The number of para-hydroxylation sites is 1. The Balaban J connectivity index is 1.67. The lowest BCUT2D eigenvalue weighted by Crippen LogP contribution is -2.17. The largest absolute Gasteiger partial charge is 0.271 e. The first kappa shape index (κ1) is 17.5. The summed E-state index contributed by atoms with van der Waals surface area (Å²) in [6.45, 7) is 0. The maximum absolute atomic E-state index is 13.2. The maximum Gasteiger partial charge on any atom is 0.271 e. The van der Waals surface area contributed by atoms with E-state index >= 15 is 0 Å². The predicted molar refractivity (Wildman–Crippen MR) is 109 cm³/mol. The van der Waals surface area contributed by atoms with Crippen molar-refractivity contribution in [3.8, 4) is 11.3 Å². The van der Waals surface area contributed by atoms with Crippen LogP contribution >= 0.6 is 0 Å². The Bertz CT molecular complexity index is 1160. The molecular weight excluding hydrogens is 353 g/mol. The van der Waals surface area contributed by atoms with Crippen LogP contribution in [0.15, 0.2) is 90.0 Å². The van der Waals surface area contributed by atoms with Crippen molar-refractivity contribution in [3.63, 3.8) is 0 Å². The monoisotopic (exact) mass is 369 g/mol. The first-order valence-corrected chi connectivity index (χ1v) is 8.75. The Hall–Kier alpha value is -3.86. The van der Waals surface area contributed by atoms with E-state index in [1.165, 1.54) is 12.1 Å². The van der Waals surface area contributed by atoms with Gasteiger partial charge in [0.15, 0.2) is 0 Å². The molecule has 1 aromatic heterocycles. The number of rotatable bonds is 4. The molecule has 0 saturated heterocycles. The van der Waals surface area contributed by atoms with Crippen LogP contribution in [0.5, 0.6) is 0 Å². The second-order valence-electron chi connectivity index (χ2n) is 6.19. The molecule has 1 amide bonds. The number of nitrogens with one attached hydrogen (secondary N) is 1. The van der Waals surface area contributed by atoms with Gasteiger partial charge in [-0.1, -0.05) is 36.4 Å². The van der Waals surface area contributed by atoms with E-state index in [2.05, 4.69) is 15.5 Å². The standard InChI is InChI=1S/C23H16FN3O/c24-19-12-10-16(11-13-19)22-14-18(20-8-4-5-9-21(20)26-22)15-25-27-23(28)17-6-2-1-3-7-17/h1-15H,(H,27,28)/b25-15+. The molecular formula is C23H16FN3O. The van der Waals surface area contributed by atoms with Gasteiger partial charge >= 0.3 is 0 Å². The Labute approximate surface area is 161 Å². The zero-order valence-corrected chi connectivity index (χ0v) is 14.8. The third-order valence-corrected chi connectivity index (χ3v) is 4.29. The number of halogens is 1. The van der Waals surface area contributed by atoms with E-state index in [0.717, 1.165) is 22.0 Å². The van der Waals surface area contributed by atoms with Crippen molar-refractivity contribution in [2.24, 2.45) is 5.10 Å². The minimum atomic E-state index is -0.296. The molecule has 1 heterocycles. The van der Waals surface area contributed by atoms with Gasteiger partial charge in [0.05, 0.1) is 17.4 Å². The van der Waals surface area contributed by atoms with Crippen LogP contribution in [0, 0.1) is 5.82 Å². The Morgan fingerprint density at radius 3 is 2.43 bits per heavy atom. The molecule has 4 aromatic rings. The van der Waals surface area contributed by atoms with Crippen LogP contribution in [0.2, 0.25) is 0 Å². The number of benzene rings is 3. The summed E-state index contributed by atoms with van der Waals surface area (Å²) in [7, 11) is 0. The van der Waals surface area contributed by atoms with Gasteiger partial charge in [-0.05, 0) is 48.5 Å².